The molecule has 0 spiro atoms. The van der Waals surface area contributed by atoms with Gasteiger partial charge in [-0.2, -0.15) is 13.2 Å². The van der Waals surface area contributed by atoms with Gasteiger partial charge < -0.3 is 4.43 Å². The van der Waals surface area contributed by atoms with Crippen molar-refractivity contribution in [2.75, 3.05) is 7.11 Å². The van der Waals surface area contributed by atoms with Gasteiger partial charge in [0.25, 0.3) is 0 Å². The van der Waals surface area contributed by atoms with Crippen molar-refractivity contribution in [2.45, 2.75) is 31.7 Å². The van der Waals surface area contributed by atoms with Crippen molar-refractivity contribution in [3.05, 3.63) is 35.4 Å². The Labute approximate surface area is 101 Å². The summed E-state index contributed by atoms with van der Waals surface area (Å²) >= 11 is 0. The summed E-state index contributed by atoms with van der Waals surface area (Å²) < 4.78 is 42.4. The minimum absolute atomic E-state index is 0.593. The van der Waals surface area contributed by atoms with E-state index in [1.165, 1.54) is 0 Å². The molecule has 0 saturated heterocycles. The molecule has 1 rings (SSSR count). The van der Waals surface area contributed by atoms with E-state index in [0.717, 1.165) is 30.2 Å². The second-order valence-corrected chi connectivity index (χ2v) is 9.09. The fourth-order valence-electron chi connectivity index (χ4n) is 1.41. The Kier molecular flexibility index (Phi) is 4.38. The average Bonchev–Trinajstić information content (AvgIpc) is 2.26. The zero-order valence-corrected chi connectivity index (χ0v) is 11.3. The van der Waals surface area contributed by atoms with Crippen LogP contribution in [0, 0.1) is 0 Å². The van der Waals surface area contributed by atoms with E-state index in [-0.39, 0.29) is 0 Å². The number of rotatable bonds is 4. The van der Waals surface area contributed by atoms with Crippen molar-refractivity contribution in [1.82, 2.24) is 0 Å². The molecule has 0 heterocycles. The minimum atomic E-state index is -4.25. The van der Waals surface area contributed by atoms with Gasteiger partial charge in [-0.05, 0) is 43.3 Å². The third-order valence-electron chi connectivity index (χ3n) is 2.85. The maximum absolute atomic E-state index is 12.3. The number of alkyl halides is 3. The zero-order valence-electron chi connectivity index (χ0n) is 10.3. The van der Waals surface area contributed by atoms with Gasteiger partial charge in [0, 0.05) is 7.11 Å². The Morgan fingerprint density at radius 1 is 1.12 bits per heavy atom. The summed E-state index contributed by atoms with van der Waals surface area (Å²) in [6.07, 6.45) is -3.48. The van der Waals surface area contributed by atoms with Crippen LogP contribution in [0.5, 0.6) is 0 Å². The second-order valence-electron chi connectivity index (χ2n) is 4.66. The van der Waals surface area contributed by atoms with Gasteiger partial charge in [-0.25, -0.2) is 0 Å². The first kappa shape index (κ1) is 14.2. The summed E-state index contributed by atoms with van der Waals surface area (Å²) in [7, 11) is 0.0609. The van der Waals surface area contributed by atoms with E-state index in [1.54, 1.807) is 19.2 Å². The number of benzene rings is 1. The largest absolute Gasteiger partial charge is 0.420 e. The molecule has 17 heavy (non-hydrogen) atoms. The first-order valence-corrected chi connectivity index (χ1v) is 8.57. The molecule has 0 atom stereocenters. The molecule has 1 nitrogen and oxygen atoms in total. The zero-order chi connectivity index (χ0) is 13.1. The number of hydrogen-bond donors (Lipinski definition) is 0. The Hall–Kier alpha value is -0.813. The summed E-state index contributed by atoms with van der Waals surface area (Å²) in [6.45, 7) is 4.19. The third-order valence-corrected chi connectivity index (χ3v) is 5.41. The van der Waals surface area contributed by atoms with E-state index in [1.807, 2.05) is 0 Å². The first-order valence-electron chi connectivity index (χ1n) is 5.46. The van der Waals surface area contributed by atoms with E-state index < -0.39 is 20.1 Å². The van der Waals surface area contributed by atoms with Crippen molar-refractivity contribution >= 4 is 8.32 Å². The molecule has 0 radical (unpaired) electrons. The van der Waals surface area contributed by atoms with Gasteiger partial charge in [0.2, 0.25) is 0 Å². The highest BCUT2D eigenvalue weighted by Gasteiger charge is 2.30. The fourth-order valence-corrected chi connectivity index (χ4v) is 2.50. The predicted molar refractivity (Wildman–Crippen MR) is 64.4 cm³/mol. The van der Waals surface area contributed by atoms with Crippen LogP contribution in [0.1, 0.15) is 11.1 Å². The van der Waals surface area contributed by atoms with E-state index >= 15 is 0 Å². The molecule has 0 N–H and O–H groups in total. The summed E-state index contributed by atoms with van der Waals surface area (Å²) in [5.41, 5.74) is 0.333. The molecule has 0 aliphatic carbocycles. The Bertz CT molecular complexity index is 357. The predicted octanol–water partition coefficient (Wildman–Crippen LogP) is 4.10. The highest BCUT2D eigenvalue weighted by Crippen LogP contribution is 2.29. The average molecular weight is 262 g/mol. The maximum atomic E-state index is 12.3. The van der Waals surface area contributed by atoms with Gasteiger partial charge in [-0.1, -0.05) is 12.1 Å². The number of aryl methyl sites for hydroxylation is 1. The van der Waals surface area contributed by atoms with Crippen molar-refractivity contribution in [3.8, 4) is 0 Å². The molecule has 0 saturated carbocycles. The maximum Gasteiger partial charge on any atom is 0.416 e. The lowest BCUT2D eigenvalue weighted by molar-refractivity contribution is -0.137. The Balaban J connectivity index is 2.64. The molecule has 0 aliphatic heterocycles. The molecule has 1 aromatic carbocycles. The molecule has 0 aliphatic rings. The van der Waals surface area contributed by atoms with Gasteiger partial charge in [0.05, 0.1) is 5.56 Å². The van der Waals surface area contributed by atoms with E-state index in [2.05, 4.69) is 13.1 Å². The van der Waals surface area contributed by atoms with E-state index in [9.17, 15) is 13.2 Å². The fraction of sp³-hybridized carbons (Fsp3) is 0.500. The third kappa shape index (κ3) is 4.51. The molecule has 0 unspecified atom stereocenters. The summed E-state index contributed by atoms with van der Waals surface area (Å²) in [5, 5.41) is 0. The highest BCUT2D eigenvalue weighted by molar-refractivity contribution is 6.71. The molecule has 0 fully saturated rings. The standard InChI is InChI=1S/C12H17F3OSi/c1-16-17(2,3)9-8-10-4-6-11(7-5-10)12(13,14)15/h4-7H,8-9H2,1-3H3. The molecule has 1 aromatic rings. The van der Waals surface area contributed by atoms with Crippen LogP contribution in [-0.2, 0) is 17.0 Å². The van der Waals surface area contributed by atoms with Crippen molar-refractivity contribution in [2.24, 2.45) is 0 Å². The van der Waals surface area contributed by atoms with Crippen LogP contribution in [0.2, 0.25) is 19.1 Å². The van der Waals surface area contributed by atoms with Gasteiger partial charge >= 0.3 is 6.18 Å². The second kappa shape index (κ2) is 5.22. The van der Waals surface area contributed by atoms with Crippen LogP contribution in [0.4, 0.5) is 13.2 Å². The van der Waals surface area contributed by atoms with Gasteiger partial charge in [-0.15, -0.1) is 0 Å². The summed E-state index contributed by atoms with van der Waals surface area (Å²) in [6, 6.07) is 6.27. The van der Waals surface area contributed by atoms with Crippen molar-refractivity contribution in [1.29, 1.82) is 0 Å². The molecule has 96 valence electrons. The Morgan fingerprint density at radius 2 is 1.65 bits per heavy atom. The van der Waals surface area contributed by atoms with Gasteiger partial charge in [-0.3, -0.25) is 0 Å². The molecule has 0 bridgehead atoms. The van der Waals surface area contributed by atoms with Crippen molar-refractivity contribution in [3.63, 3.8) is 0 Å². The van der Waals surface area contributed by atoms with Crippen LogP contribution in [0.3, 0.4) is 0 Å². The number of hydrogen-bond acceptors (Lipinski definition) is 1. The monoisotopic (exact) mass is 262 g/mol. The quantitative estimate of drug-likeness (QED) is 0.742. The molecule has 0 amide bonds. The lowest BCUT2D eigenvalue weighted by atomic mass is 10.1. The first-order chi connectivity index (χ1) is 7.74. The molecule has 0 aromatic heterocycles. The molecular weight excluding hydrogens is 245 g/mol. The van der Waals surface area contributed by atoms with Crippen LogP contribution in [-0.4, -0.2) is 15.4 Å². The van der Waals surface area contributed by atoms with Crippen LogP contribution in [0.25, 0.3) is 0 Å². The number of halogens is 3. The Morgan fingerprint density at radius 3 is 2.06 bits per heavy atom. The highest BCUT2D eigenvalue weighted by atomic mass is 28.4. The van der Waals surface area contributed by atoms with Crippen LogP contribution in [0.15, 0.2) is 24.3 Å². The molecular formula is C12H17F3OSi. The summed E-state index contributed by atoms with van der Waals surface area (Å²) in [4.78, 5) is 0. The van der Waals surface area contributed by atoms with Crippen LogP contribution >= 0.6 is 0 Å². The van der Waals surface area contributed by atoms with E-state index in [0.29, 0.717) is 0 Å². The normalized spacial score (nSPS) is 12.8. The van der Waals surface area contributed by atoms with Crippen LogP contribution < -0.4 is 0 Å². The topological polar surface area (TPSA) is 9.23 Å². The minimum Gasteiger partial charge on any atom is -0.420 e. The SMILES string of the molecule is CO[Si](C)(C)CCc1ccc(C(F)(F)F)cc1. The van der Waals surface area contributed by atoms with Gasteiger partial charge in [0.15, 0.2) is 8.32 Å². The lowest BCUT2D eigenvalue weighted by Gasteiger charge is -2.19. The van der Waals surface area contributed by atoms with E-state index in [4.69, 9.17) is 4.43 Å². The summed E-state index contributed by atoms with van der Waals surface area (Å²) in [5.74, 6) is 0. The smallest absolute Gasteiger partial charge is 0.416 e. The van der Waals surface area contributed by atoms with Crippen molar-refractivity contribution < 1.29 is 17.6 Å². The lowest BCUT2D eigenvalue weighted by Crippen LogP contribution is -2.28. The molecule has 5 heteroatoms. The van der Waals surface area contributed by atoms with Gasteiger partial charge in [0.1, 0.15) is 0 Å².